The molecule has 1 saturated heterocycles. The third-order valence-electron chi connectivity index (χ3n) is 7.38. The van der Waals surface area contributed by atoms with E-state index >= 15 is 0 Å². The number of H-pyrrole nitrogens is 1. The SMILES string of the molecule is CCC(C)N(c1cccc2cc(-c3ncc(CN4CCC(Oc5ncccn5)CC4)s3)[nH]c12)S(=O)(=O)c1cccs1. The number of thiophene rings is 1. The first kappa shape index (κ1) is 27.8. The smallest absolute Gasteiger partial charge is 0.316 e. The molecule has 4 aromatic heterocycles. The molecule has 1 fully saturated rings. The van der Waals surface area contributed by atoms with E-state index < -0.39 is 10.0 Å². The Kier molecular flexibility index (Phi) is 8.07. The molecule has 214 valence electrons. The number of para-hydroxylation sites is 1. The van der Waals surface area contributed by atoms with E-state index in [0.717, 1.165) is 54.1 Å². The number of hydrogen-bond acceptors (Lipinski definition) is 9. The fourth-order valence-electron chi connectivity index (χ4n) is 5.12. The highest BCUT2D eigenvalue weighted by atomic mass is 32.2. The summed E-state index contributed by atoms with van der Waals surface area (Å²) in [6.45, 7) is 6.66. The molecule has 0 aliphatic carbocycles. The molecule has 1 N–H and O–H groups in total. The number of benzene rings is 1. The number of nitrogens with zero attached hydrogens (tertiary/aromatic N) is 5. The van der Waals surface area contributed by atoms with E-state index in [1.807, 2.05) is 38.2 Å². The number of nitrogens with one attached hydrogen (secondary N) is 1. The predicted molar refractivity (Wildman–Crippen MR) is 164 cm³/mol. The summed E-state index contributed by atoms with van der Waals surface area (Å²) in [5.41, 5.74) is 2.33. The molecule has 1 atom stereocenters. The van der Waals surface area contributed by atoms with E-state index in [0.29, 0.717) is 22.3 Å². The van der Waals surface area contributed by atoms with E-state index in [1.54, 1.807) is 51.6 Å². The number of ether oxygens (including phenoxy) is 1. The van der Waals surface area contributed by atoms with Crippen LogP contribution in [-0.2, 0) is 16.6 Å². The lowest BCUT2D eigenvalue weighted by Crippen LogP contribution is -2.38. The Morgan fingerprint density at radius 2 is 1.93 bits per heavy atom. The van der Waals surface area contributed by atoms with Gasteiger partial charge >= 0.3 is 6.01 Å². The lowest BCUT2D eigenvalue weighted by atomic mass is 10.1. The van der Waals surface area contributed by atoms with Gasteiger partial charge in [-0.15, -0.1) is 22.7 Å². The molecular weight excluding hydrogens is 577 g/mol. The zero-order chi connectivity index (χ0) is 28.4. The van der Waals surface area contributed by atoms with Gasteiger partial charge in [0, 0.05) is 54.5 Å². The average molecular weight is 609 g/mol. The third-order valence-corrected chi connectivity index (χ3v) is 11.7. The number of anilines is 1. The third kappa shape index (κ3) is 5.87. The molecule has 0 bridgehead atoms. The van der Waals surface area contributed by atoms with Gasteiger partial charge in [0.1, 0.15) is 15.3 Å². The summed E-state index contributed by atoms with van der Waals surface area (Å²) in [5.74, 6) is 0. The van der Waals surface area contributed by atoms with Crippen LogP contribution in [0.4, 0.5) is 5.69 Å². The number of aromatic amines is 1. The fourth-order valence-corrected chi connectivity index (χ4v) is 8.87. The number of sulfonamides is 1. The molecule has 0 amide bonds. The number of hydrogen-bond donors (Lipinski definition) is 1. The van der Waals surface area contributed by atoms with Crippen molar-refractivity contribution >= 4 is 49.3 Å². The Morgan fingerprint density at radius 3 is 2.66 bits per heavy atom. The van der Waals surface area contributed by atoms with Gasteiger partial charge in [0.25, 0.3) is 10.0 Å². The summed E-state index contributed by atoms with van der Waals surface area (Å²) in [4.78, 5) is 20.2. The van der Waals surface area contributed by atoms with E-state index in [4.69, 9.17) is 9.72 Å². The quantitative estimate of drug-likeness (QED) is 0.202. The Bertz CT molecular complexity index is 1690. The van der Waals surface area contributed by atoms with Crippen molar-refractivity contribution in [2.75, 3.05) is 17.4 Å². The topological polar surface area (TPSA) is 104 Å². The largest absolute Gasteiger partial charge is 0.460 e. The van der Waals surface area contributed by atoms with Gasteiger partial charge < -0.3 is 9.72 Å². The first-order chi connectivity index (χ1) is 19.9. The molecule has 12 heteroatoms. The molecule has 0 spiro atoms. The molecule has 5 heterocycles. The highest BCUT2D eigenvalue weighted by Gasteiger charge is 2.31. The Labute approximate surface area is 247 Å². The van der Waals surface area contributed by atoms with Gasteiger partial charge in [-0.3, -0.25) is 9.21 Å². The second kappa shape index (κ2) is 11.9. The van der Waals surface area contributed by atoms with Crippen molar-refractivity contribution in [3.8, 4) is 16.7 Å². The normalized spacial score (nSPS) is 15.8. The van der Waals surface area contributed by atoms with Crippen molar-refractivity contribution in [2.24, 2.45) is 0 Å². The van der Waals surface area contributed by atoms with Crippen LogP contribution in [0.25, 0.3) is 21.6 Å². The van der Waals surface area contributed by atoms with Crippen LogP contribution >= 0.6 is 22.7 Å². The van der Waals surface area contributed by atoms with Crippen molar-refractivity contribution < 1.29 is 13.2 Å². The van der Waals surface area contributed by atoms with Crippen LogP contribution in [0.15, 0.2) is 70.6 Å². The number of piperidine rings is 1. The van der Waals surface area contributed by atoms with E-state index in [-0.39, 0.29) is 12.1 Å². The van der Waals surface area contributed by atoms with Gasteiger partial charge in [-0.25, -0.2) is 23.4 Å². The highest BCUT2D eigenvalue weighted by molar-refractivity contribution is 7.94. The Balaban J connectivity index is 1.19. The van der Waals surface area contributed by atoms with Gasteiger partial charge in [0.05, 0.1) is 16.9 Å². The van der Waals surface area contributed by atoms with Gasteiger partial charge in [-0.05, 0) is 55.8 Å². The molecule has 41 heavy (non-hydrogen) atoms. The van der Waals surface area contributed by atoms with Gasteiger partial charge in [-0.1, -0.05) is 25.1 Å². The van der Waals surface area contributed by atoms with Crippen LogP contribution in [0.2, 0.25) is 0 Å². The molecule has 1 unspecified atom stereocenters. The average Bonchev–Trinajstić information content (AvgIpc) is 3.76. The first-order valence-corrected chi connectivity index (χ1v) is 16.9. The van der Waals surface area contributed by atoms with Gasteiger partial charge in [0.15, 0.2) is 0 Å². The highest BCUT2D eigenvalue weighted by Crippen LogP contribution is 2.37. The minimum atomic E-state index is -3.71. The van der Waals surface area contributed by atoms with E-state index in [9.17, 15) is 8.42 Å². The zero-order valence-electron chi connectivity index (χ0n) is 22.9. The van der Waals surface area contributed by atoms with E-state index in [2.05, 4.69) is 25.9 Å². The van der Waals surface area contributed by atoms with Crippen LogP contribution in [0.5, 0.6) is 6.01 Å². The molecule has 0 radical (unpaired) electrons. The molecule has 6 rings (SSSR count). The lowest BCUT2D eigenvalue weighted by molar-refractivity contribution is 0.0897. The molecular formula is C29H32N6O3S3. The minimum absolute atomic E-state index is 0.129. The van der Waals surface area contributed by atoms with Crippen LogP contribution in [-0.4, -0.2) is 58.5 Å². The summed E-state index contributed by atoms with van der Waals surface area (Å²) in [7, 11) is -3.71. The number of fused-ring (bicyclic) bond motifs is 1. The molecule has 9 nitrogen and oxygen atoms in total. The second-order valence-corrected chi connectivity index (χ2v) is 14.3. The van der Waals surface area contributed by atoms with Crippen molar-refractivity contribution in [2.45, 2.75) is 56.0 Å². The van der Waals surface area contributed by atoms with Crippen LogP contribution < -0.4 is 9.04 Å². The number of likely N-dealkylation sites (tertiary alicyclic amines) is 1. The Hall–Kier alpha value is -3.32. The molecule has 1 aliphatic heterocycles. The maximum Gasteiger partial charge on any atom is 0.316 e. The van der Waals surface area contributed by atoms with Crippen LogP contribution in [0.3, 0.4) is 0 Å². The molecule has 1 aromatic carbocycles. The first-order valence-electron chi connectivity index (χ1n) is 13.7. The van der Waals surface area contributed by atoms with Gasteiger partial charge in [-0.2, -0.15) is 0 Å². The lowest BCUT2D eigenvalue weighted by Gasteiger charge is -2.31. The number of rotatable bonds is 10. The molecule has 0 saturated carbocycles. The minimum Gasteiger partial charge on any atom is -0.460 e. The number of aromatic nitrogens is 4. The second-order valence-electron chi connectivity index (χ2n) is 10.2. The summed E-state index contributed by atoms with van der Waals surface area (Å²) >= 11 is 2.90. The van der Waals surface area contributed by atoms with Crippen LogP contribution in [0, 0.1) is 0 Å². The van der Waals surface area contributed by atoms with Gasteiger partial charge in [0.2, 0.25) is 0 Å². The monoisotopic (exact) mass is 608 g/mol. The summed E-state index contributed by atoms with van der Waals surface area (Å²) in [6, 6.07) is 13.3. The Morgan fingerprint density at radius 1 is 1.12 bits per heavy atom. The number of thiazole rings is 1. The predicted octanol–water partition coefficient (Wildman–Crippen LogP) is 6.18. The molecule has 5 aromatic rings. The molecule has 1 aliphatic rings. The zero-order valence-corrected chi connectivity index (χ0v) is 25.4. The van der Waals surface area contributed by atoms with Crippen molar-refractivity contribution in [3.05, 3.63) is 71.3 Å². The van der Waals surface area contributed by atoms with Crippen molar-refractivity contribution in [1.82, 2.24) is 24.8 Å². The standard InChI is InChI=1S/C29H32N6O3S3/c1-3-20(2)35(41(36,37)26-9-5-16-39-26)25-8-4-7-21-17-24(33-27(21)25)28-32-18-23(40-28)19-34-14-10-22(11-15-34)38-29-30-12-6-13-31-29/h4-9,12-13,16-18,20,22,33H,3,10-11,14-15,19H2,1-2H3. The summed E-state index contributed by atoms with van der Waals surface area (Å²) < 4.78 is 35.3. The maximum atomic E-state index is 13.7. The fraction of sp³-hybridized carbons (Fsp3) is 0.345. The summed E-state index contributed by atoms with van der Waals surface area (Å²) in [5, 5.41) is 3.64. The maximum absolute atomic E-state index is 13.7. The van der Waals surface area contributed by atoms with Crippen molar-refractivity contribution in [1.29, 1.82) is 0 Å². The van der Waals surface area contributed by atoms with Crippen molar-refractivity contribution in [3.63, 3.8) is 0 Å². The van der Waals surface area contributed by atoms with E-state index in [1.165, 1.54) is 16.2 Å². The van der Waals surface area contributed by atoms with Crippen LogP contribution in [0.1, 0.15) is 38.0 Å². The summed E-state index contributed by atoms with van der Waals surface area (Å²) in [6.07, 6.45) is 8.01.